The second kappa shape index (κ2) is 4.99. The Morgan fingerprint density at radius 1 is 1.50 bits per heavy atom. The molecule has 16 heavy (non-hydrogen) atoms. The summed E-state index contributed by atoms with van der Waals surface area (Å²) in [6, 6.07) is 1.72. The molecule has 0 aliphatic heterocycles. The molecule has 0 amide bonds. The first kappa shape index (κ1) is 12.5. The average Bonchev–Trinajstić information content (AvgIpc) is 2.24. The SMILES string of the molecule is CCOC(=O)c1c(C)cc(CO)c(N)c1C. The van der Waals surface area contributed by atoms with Gasteiger partial charge in [0.1, 0.15) is 0 Å². The van der Waals surface area contributed by atoms with Crippen LogP contribution in [-0.2, 0) is 11.3 Å². The third-order valence-electron chi connectivity index (χ3n) is 2.56. The van der Waals surface area contributed by atoms with E-state index < -0.39 is 0 Å². The Morgan fingerprint density at radius 3 is 2.62 bits per heavy atom. The Kier molecular flexibility index (Phi) is 3.90. The van der Waals surface area contributed by atoms with Crippen molar-refractivity contribution in [2.75, 3.05) is 12.3 Å². The second-order valence-corrected chi connectivity index (χ2v) is 3.64. The van der Waals surface area contributed by atoms with Crippen LogP contribution in [0.15, 0.2) is 6.07 Å². The van der Waals surface area contributed by atoms with Crippen LogP contribution in [0, 0.1) is 13.8 Å². The topological polar surface area (TPSA) is 72.5 Å². The lowest BCUT2D eigenvalue weighted by Crippen LogP contribution is -2.12. The maximum Gasteiger partial charge on any atom is 0.338 e. The third kappa shape index (κ3) is 2.17. The molecule has 0 bridgehead atoms. The van der Waals surface area contributed by atoms with E-state index in [9.17, 15) is 4.79 Å². The van der Waals surface area contributed by atoms with Gasteiger partial charge in [-0.3, -0.25) is 0 Å². The number of aliphatic hydroxyl groups excluding tert-OH is 1. The lowest BCUT2D eigenvalue weighted by Gasteiger charge is -2.14. The molecule has 4 heteroatoms. The summed E-state index contributed by atoms with van der Waals surface area (Å²) in [7, 11) is 0. The van der Waals surface area contributed by atoms with Crippen molar-refractivity contribution in [3.05, 3.63) is 28.3 Å². The van der Waals surface area contributed by atoms with E-state index in [0.717, 1.165) is 5.56 Å². The lowest BCUT2D eigenvalue weighted by molar-refractivity contribution is 0.0524. The number of carbonyl (C=O) groups is 1. The molecule has 0 aliphatic rings. The Bertz CT molecular complexity index is 413. The molecule has 0 aromatic heterocycles. The van der Waals surface area contributed by atoms with Gasteiger partial charge in [0.05, 0.1) is 18.8 Å². The number of benzene rings is 1. The molecule has 1 aromatic carbocycles. The molecule has 1 aromatic rings. The van der Waals surface area contributed by atoms with Crippen molar-refractivity contribution in [3.63, 3.8) is 0 Å². The number of hydrogen-bond donors (Lipinski definition) is 2. The van der Waals surface area contributed by atoms with Crippen LogP contribution in [0.1, 0.15) is 34.0 Å². The van der Waals surface area contributed by atoms with Crippen LogP contribution in [0.4, 0.5) is 5.69 Å². The molecule has 0 aliphatic carbocycles. The van der Waals surface area contributed by atoms with Gasteiger partial charge in [0.25, 0.3) is 0 Å². The molecular formula is C12H17NO3. The van der Waals surface area contributed by atoms with Crippen molar-refractivity contribution >= 4 is 11.7 Å². The van der Waals surface area contributed by atoms with Gasteiger partial charge in [-0.1, -0.05) is 6.07 Å². The number of anilines is 1. The van der Waals surface area contributed by atoms with E-state index in [-0.39, 0.29) is 12.6 Å². The molecule has 0 fully saturated rings. The highest BCUT2D eigenvalue weighted by atomic mass is 16.5. The van der Waals surface area contributed by atoms with Gasteiger partial charge < -0.3 is 15.6 Å². The number of carbonyl (C=O) groups excluding carboxylic acids is 1. The number of aryl methyl sites for hydroxylation is 1. The van der Waals surface area contributed by atoms with Gasteiger partial charge in [-0.2, -0.15) is 0 Å². The summed E-state index contributed by atoms with van der Waals surface area (Å²) < 4.78 is 4.96. The van der Waals surface area contributed by atoms with Crippen molar-refractivity contribution in [3.8, 4) is 0 Å². The zero-order valence-electron chi connectivity index (χ0n) is 9.83. The van der Waals surface area contributed by atoms with E-state index >= 15 is 0 Å². The number of rotatable bonds is 3. The number of aliphatic hydroxyl groups is 1. The highest BCUT2D eigenvalue weighted by Gasteiger charge is 2.17. The van der Waals surface area contributed by atoms with E-state index in [4.69, 9.17) is 15.6 Å². The first-order valence-electron chi connectivity index (χ1n) is 5.19. The van der Waals surface area contributed by atoms with Gasteiger partial charge in [0, 0.05) is 11.3 Å². The Hall–Kier alpha value is -1.55. The van der Waals surface area contributed by atoms with Gasteiger partial charge in [-0.05, 0) is 31.9 Å². The van der Waals surface area contributed by atoms with Crippen LogP contribution in [-0.4, -0.2) is 17.7 Å². The minimum Gasteiger partial charge on any atom is -0.462 e. The number of esters is 1. The summed E-state index contributed by atoms with van der Waals surface area (Å²) in [6.45, 7) is 5.52. The average molecular weight is 223 g/mol. The largest absolute Gasteiger partial charge is 0.462 e. The first-order chi connectivity index (χ1) is 7.52. The Morgan fingerprint density at radius 2 is 2.12 bits per heavy atom. The van der Waals surface area contributed by atoms with Crippen LogP contribution < -0.4 is 5.73 Å². The summed E-state index contributed by atoms with van der Waals surface area (Å²) in [6.07, 6.45) is 0. The predicted octanol–water partition coefficient (Wildman–Crippen LogP) is 1.55. The summed E-state index contributed by atoms with van der Waals surface area (Å²) in [5.41, 5.74) is 8.86. The van der Waals surface area contributed by atoms with Gasteiger partial charge in [-0.25, -0.2) is 4.79 Å². The predicted molar refractivity (Wildman–Crippen MR) is 62.2 cm³/mol. The smallest absolute Gasteiger partial charge is 0.338 e. The maximum atomic E-state index is 11.7. The number of hydrogen-bond acceptors (Lipinski definition) is 4. The number of nitrogens with two attached hydrogens (primary N) is 1. The Labute approximate surface area is 95.0 Å². The molecule has 0 heterocycles. The molecule has 88 valence electrons. The summed E-state index contributed by atoms with van der Waals surface area (Å²) in [4.78, 5) is 11.7. The lowest BCUT2D eigenvalue weighted by atomic mass is 9.97. The molecule has 0 radical (unpaired) electrons. The van der Waals surface area contributed by atoms with Gasteiger partial charge in [0.15, 0.2) is 0 Å². The second-order valence-electron chi connectivity index (χ2n) is 3.64. The minimum absolute atomic E-state index is 0.128. The van der Waals surface area contributed by atoms with Crippen LogP contribution in [0.25, 0.3) is 0 Å². The summed E-state index contributed by atoms with van der Waals surface area (Å²) >= 11 is 0. The maximum absolute atomic E-state index is 11.7. The minimum atomic E-state index is -0.367. The van der Waals surface area contributed by atoms with Crippen LogP contribution in [0.3, 0.4) is 0 Å². The molecule has 0 saturated carbocycles. The van der Waals surface area contributed by atoms with E-state index in [0.29, 0.717) is 29.0 Å². The normalized spacial score (nSPS) is 10.2. The molecule has 0 spiro atoms. The summed E-state index contributed by atoms with van der Waals surface area (Å²) in [5.74, 6) is -0.367. The van der Waals surface area contributed by atoms with Crippen LogP contribution in [0.2, 0.25) is 0 Å². The van der Waals surface area contributed by atoms with E-state index in [2.05, 4.69) is 0 Å². The fourth-order valence-corrected chi connectivity index (χ4v) is 1.73. The van der Waals surface area contributed by atoms with Gasteiger partial charge in [0.2, 0.25) is 0 Å². The van der Waals surface area contributed by atoms with Crippen molar-refractivity contribution in [2.45, 2.75) is 27.4 Å². The number of nitrogen functional groups attached to an aromatic ring is 1. The molecule has 0 saturated heterocycles. The third-order valence-corrected chi connectivity index (χ3v) is 2.56. The standard InChI is InChI=1S/C12H17NO3/c1-4-16-12(15)10-7(2)5-9(6-14)11(13)8(10)3/h5,14H,4,6,13H2,1-3H3. The molecule has 3 N–H and O–H groups in total. The van der Waals surface area contributed by atoms with Gasteiger partial charge >= 0.3 is 5.97 Å². The van der Waals surface area contributed by atoms with Crippen molar-refractivity contribution in [2.24, 2.45) is 0 Å². The molecule has 1 rings (SSSR count). The fraction of sp³-hybridized carbons (Fsp3) is 0.417. The molecule has 4 nitrogen and oxygen atoms in total. The summed E-state index contributed by atoms with van der Waals surface area (Å²) in [5, 5.41) is 9.10. The fourth-order valence-electron chi connectivity index (χ4n) is 1.73. The van der Waals surface area contributed by atoms with Crippen molar-refractivity contribution in [1.82, 2.24) is 0 Å². The zero-order valence-corrected chi connectivity index (χ0v) is 9.83. The quantitative estimate of drug-likeness (QED) is 0.602. The van der Waals surface area contributed by atoms with Crippen molar-refractivity contribution < 1.29 is 14.6 Å². The zero-order chi connectivity index (χ0) is 12.3. The Balaban J connectivity index is 3.30. The van der Waals surface area contributed by atoms with Crippen LogP contribution in [0.5, 0.6) is 0 Å². The molecule has 0 atom stereocenters. The highest BCUT2D eigenvalue weighted by molar-refractivity contribution is 5.94. The monoisotopic (exact) mass is 223 g/mol. The molecular weight excluding hydrogens is 206 g/mol. The van der Waals surface area contributed by atoms with Crippen LogP contribution >= 0.6 is 0 Å². The van der Waals surface area contributed by atoms with E-state index in [1.807, 2.05) is 0 Å². The molecule has 0 unspecified atom stereocenters. The van der Waals surface area contributed by atoms with Gasteiger partial charge in [-0.15, -0.1) is 0 Å². The van der Waals surface area contributed by atoms with E-state index in [1.165, 1.54) is 0 Å². The number of ether oxygens (including phenoxy) is 1. The first-order valence-corrected chi connectivity index (χ1v) is 5.19. The highest BCUT2D eigenvalue weighted by Crippen LogP contribution is 2.25. The van der Waals surface area contributed by atoms with Crippen molar-refractivity contribution in [1.29, 1.82) is 0 Å². The van der Waals surface area contributed by atoms with E-state index in [1.54, 1.807) is 26.8 Å².